The van der Waals surface area contributed by atoms with Gasteiger partial charge in [-0.1, -0.05) is 0 Å². The molecule has 2 aromatic rings. The first-order chi connectivity index (χ1) is 14.7. The number of benzene rings is 2. The Bertz CT molecular complexity index is 1100. The predicted molar refractivity (Wildman–Crippen MR) is 122 cm³/mol. The summed E-state index contributed by atoms with van der Waals surface area (Å²) >= 11 is 2.01. The van der Waals surface area contributed by atoms with Gasteiger partial charge in [0.1, 0.15) is 18.1 Å². The van der Waals surface area contributed by atoms with Crippen molar-refractivity contribution in [1.82, 2.24) is 9.03 Å². The summed E-state index contributed by atoms with van der Waals surface area (Å²) in [4.78, 5) is 0.312. The molecule has 1 N–H and O–H groups in total. The van der Waals surface area contributed by atoms with Crippen molar-refractivity contribution >= 4 is 42.6 Å². The van der Waals surface area contributed by atoms with Crippen LogP contribution in [0.1, 0.15) is 0 Å². The van der Waals surface area contributed by atoms with Gasteiger partial charge in [-0.05, 0) is 65.1 Å². The summed E-state index contributed by atoms with van der Waals surface area (Å²) in [6.07, 6.45) is 0. The quantitative estimate of drug-likeness (QED) is 0.354. The standard InChI is InChI=1S/C19H23IN2O7S2/c1-27-19-7-6-17(14-18(19)20)30(23,24)21-8-11-29-15-2-4-16(5-3-15)31(25,26)22-9-12-28-13-10-22/h2-7,14,21H,8-13H2,1H3. The van der Waals surface area contributed by atoms with Crippen molar-refractivity contribution in [2.45, 2.75) is 9.79 Å². The van der Waals surface area contributed by atoms with E-state index in [2.05, 4.69) is 4.72 Å². The maximum absolute atomic E-state index is 12.6. The fourth-order valence-corrected chi connectivity index (χ4v) is 6.28. The highest BCUT2D eigenvalue weighted by Crippen LogP contribution is 2.24. The SMILES string of the molecule is COc1ccc(S(=O)(=O)NCCOc2ccc(S(=O)(=O)N3CCOCC3)cc2)cc1I. The van der Waals surface area contributed by atoms with Gasteiger partial charge in [-0.25, -0.2) is 21.6 Å². The normalized spacial score (nSPS) is 15.5. The zero-order valence-corrected chi connectivity index (χ0v) is 20.6. The summed E-state index contributed by atoms with van der Waals surface area (Å²) in [7, 11) is -5.73. The first kappa shape index (κ1) is 24.2. The number of nitrogens with one attached hydrogen (secondary N) is 1. The van der Waals surface area contributed by atoms with E-state index in [0.29, 0.717) is 41.4 Å². The number of methoxy groups -OCH3 is 1. The van der Waals surface area contributed by atoms with Crippen molar-refractivity contribution in [2.75, 3.05) is 46.6 Å². The molecule has 2 aromatic carbocycles. The Labute approximate surface area is 195 Å². The first-order valence-electron chi connectivity index (χ1n) is 9.38. The van der Waals surface area contributed by atoms with Gasteiger partial charge in [-0.3, -0.25) is 0 Å². The lowest BCUT2D eigenvalue weighted by Gasteiger charge is -2.26. The molecule has 3 rings (SSSR count). The molecule has 1 aliphatic rings. The molecule has 1 saturated heterocycles. The van der Waals surface area contributed by atoms with Crippen LogP contribution in [0.25, 0.3) is 0 Å². The molecule has 1 fully saturated rings. The Hall–Kier alpha value is -1.45. The van der Waals surface area contributed by atoms with Crippen LogP contribution < -0.4 is 14.2 Å². The number of ether oxygens (including phenoxy) is 3. The molecule has 0 aromatic heterocycles. The Balaban J connectivity index is 1.53. The van der Waals surface area contributed by atoms with Crippen molar-refractivity contribution in [3.63, 3.8) is 0 Å². The van der Waals surface area contributed by atoms with E-state index in [4.69, 9.17) is 14.2 Å². The van der Waals surface area contributed by atoms with E-state index in [1.165, 1.54) is 35.7 Å². The lowest BCUT2D eigenvalue weighted by atomic mass is 10.3. The number of nitrogens with zero attached hydrogens (tertiary/aromatic N) is 1. The fraction of sp³-hybridized carbons (Fsp3) is 0.368. The summed E-state index contributed by atoms with van der Waals surface area (Å²) in [6, 6.07) is 10.6. The van der Waals surface area contributed by atoms with Crippen LogP contribution in [0.3, 0.4) is 0 Å². The molecule has 0 bridgehead atoms. The van der Waals surface area contributed by atoms with Crippen molar-refractivity contribution < 1.29 is 31.0 Å². The van der Waals surface area contributed by atoms with Gasteiger partial charge in [0.25, 0.3) is 0 Å². The predicted octanol–water partition coefficient (Wildman–Crippen LogP) is 1.68. The van der Waals surface area contributed by atoms with Crippen LogP contribution >= 0.6 is 22.6 Å². The molecule has 31 heavy (non-hydrogen) atoms. The molecule has 170 valence electrons. The third kappa shape index (κ3) is 6.08. The van der Waals surface area contributed by atoms with Crippen LogP contribution in [0.2, 0.25) is 0 Å². The van der Waals surface area contributed by atoms with Crippen LogP contribution in [0.15, 0.2) is 52.3 Å². The summed E-state index contributed by atoms with van der Waals surface area (Å²) in [5, 5.41) is 0. The van der Waals surface area contributed by atoms with Crippen LogP contribution in [0.5, 0.6) is 11.5 Å². The number of hydrogen-bond acceptors (Lipinski definition) is 7. The molecule has 0 aliphatic carbocycles. The highest BCUT2D eigenvalue weighted by molar-refractivity contribution is 14.1. The maximum atomic E-state index is 12.6. The molecule has 0 atom stereocenters. The number of morpholine rings is 1. The number of rotatable bonds is 9. The second-order valence-electron chi connectivity index (χ2n) is 6.53. The van der Waals surface area contributed by atoms with Crippen LogP contribution in [0.4, 0.5) is 0 Å². The van der Waals surface area contributed by atoms with Gasteiger partial charge in [0.15, 0.2) is 0 Å². The minimum atomic E-state index is -3.69. The highest BCUT2D eigenvalue weighted by atomic mass is 127. The van der Waals surface area contributed by atoms with Gasteiger partial charge in [-0.15, -0.1) is 0 Å². The third-order valence-corrected chi connectivity index (χ3v) is 8.74. The van der Waals surface area contributed by atoms with E-state index in [1.54, 1.807) is 18.2 Å². The van der Waals surface area contributed by atoms with Gasteiger partial charge in [0.2, 0.25) is 20.0 Å². The van der Waals surface area contributed by atoms with Gasteiger partial charge >= 0.3 is 0 Å². The summed E-state index contributed by atoms with van der Waals surface area (Å²) in [5.74, 6) is 1.04. The van der Waals surface area contributed by atoms with Crippen LogP contribution in [-0.4, -0.2) is 67.7 Å². The molecule has 1 aliphatic heterocycles. The van der Waals surface area contributed by atoms with E-state index >= 15 is 0 Å². The Morgan fingerprint density at radius 1 is 1.03 bits per heavy atom. The van der Waals surface area contributed by atoms with Gasteiger partial charge in [-0.2, -0.15) is 4.31 Å². The van der Waals surface area contributed by atoms with E-state index in [-0.39, 0.29) is 22.9 Å². The number of sulfonamides is 2. The zero-order valence-electron chi connectivity index (χ0n) is 16.8. The van der Waals surface area contributed by atoms with E-state index in [1.807, 2.05) is 22.6 Å². The van der Waals surface area contributed by atoms with Gasteiger partial charge in [0, 0.05) is 19.6 Å². The van der Waals surface area contributed by atoms with Crippen molar-refractivity contribution in [2.24, 2.45) is 0 Å². The number of hydrogen-bond donors (Lipinski definition) is 1. The van der Waals surface area contributed by atoms with E-state index < -0.39 is 20.0 Å². The van der Waals surface area contributed by atoms with Crippen LogP contribution in [0, 0.1) is 3.57 Å². The molecule has 1 heterocycles. The summed E-state index contributed by atoms with van der Waals surface area (Å²) in [5.41, 5.74) is 0. The van der Waals surface area contributed by atoms with E-state index in [9.17, 15) is 16.8 Å². The molecular formula is C19H23IN2O7S2. The third-order valence-electron chi connectivity index (χ3n) is 4.53. The van der Waals surface area contributed by atoms with Crippen LogP contribution in [-0.2, 0) is 24.8 Å². The average molecular weight is 582 g/mol. The highest BCUT2D eigenvalue weighted by Gasteiger charge is 2.26. The molecule has 0 amide bonds. The molecule has 0 saturated carbocycles. The Kier molecular flexibility index (Phi) is 8.15. The topological polar surface area (TPSA) is 111 Å². The number of halogens is 1. The van der Waals surface area contributed by atoms with Crippen molar-refractivity contribution in [3.05, 3.63) is 46.0 Å². The maximum Gasteiger partial charge on any atom is 0.243 e. The molecule has 12 heteroatoms. The summed E-state index contributed by atoms with van der Waals surface area (Å²) in [6.45, 7) is 1.56. The second-order valence-corrected chi connectivity index (χ2v) is 11.4. The van der Waals surface area contributed by atoms with Crippen molar-refractivity contribution in [3.8, 4) is 11.5 Å². The average Bonchev–Trinajstić information content (AvgIpc) is 2.77. The summed E-state index contributed by atoms with van der Waals surface area (Å²) < 4.78 is 70.5. The molecule has 0 unspecified atom stereocenters. The molecule has 9 nitrogen and oxygen atoms in total. The van der Waals surface area contributed by atoms with Gasteiger partial charge in [0.05, 0.1) is 33.7 Å². The molecule has 0 radical (unpaired) electrons. The smallest absolute Gasteiger partial charge is 0.243 e. The largest absolute Gasteiger partial charge is 0.496 e. The van der Waals surface area contributed by atoms with Gasteiger partial charge < -0.3 is 14.2 Å². The fourth-order valence-electron chi connectivity index (χ4n) is 2.89. The Morgan fingerprint density at radius 2 is 1.68 bits per heavy atom. The zero-order chi connectivity index (χ0) is 22.5. The molecular weight excluding hydrogens is 559 g/mol. The Morgan fingerprint density at radius 3 is 2.29 bits per heavy atom. The second kappa shape index (κ2) is 10.4. The van der Waals surface area contributed by atoms with E-state index in [0.717, 1.165) is 0 Å². The first-order valence-corrected chi connectivity index (χ1v) is 13.4. The molecule has 0 spiro atoms. The van der Waals surface area contributed by atoms with Crippen molar-refractivity contribution in [1.29, 1.82) is 0 Å². The lowest BCUT2D eigenvalue weighted by Crippen LogP contribution is -2.40. The monoisotopic (exact) mass is 582 g/mol. The minimum Gasteiger partial charge on any atom is -0.496 e. The minimum absolute atomic E-state index is 0.0543. The lowest BCUT2D eigenvalue weighted by molar-refractivity contribution is 0.0730.